The van der Waals surface area contributed by atoms with E-state index in [0.29, 0.717) is 18.0 Å². The Bertz CT molecular complexity index is 565. The maximum atomic E-state index is 11.7. The topological polar surface area (TPSA) is 101 Å². The zero-order valence-electron chi connectivity index (χ0n) is 10.2. The first-order valence-electron chi connectivity index (χ1n) is 5.51. The maximum absolute atomic E-state index is 11.7. The molecule has 1 fully saturated rings. The van der Waals surface area contributed by atoms with Crippen LogP contribution in [0.4, 0.5) is 10.6 Å². The lowest BCUT2D eigenvalue weighted by molar-refractivity contribution is 0.242. The number of rotatable bonds is 2. The molecule has 0 saturated carbocycles. The van der Waals surface area contributed by atoms with Crippen LogP contribution in [-0.4, -0.2) is 36.7 Å². The summed E-state index contributed by atoms with van der Waals surface area (Å²) in [4.78, 5) is 11.7. The Morgan fingerprint density at radius 2 is 2.28 bits per heavy atom. The second-order valence-corrected chi connectivity index (χ2v) is 6.99. The lowest BCUT2D eigenvalue weighted by atomic mass is 10.0. The first kappa shape index (κ1) is 12.9. The lowest BCUT2D eigenvalue weighted by Gasteiger charge is -2.23. The van der Waals surface area contributed by atoms with Gasteiger partial charge in [-0.05, 0) is 20.3 Å². The van der Waals surface area contributed by atoms with Gasteiger partial charge < -0.3 is 9.84 Å². The highest BCUT2D eigenvalue weighted by Gasteiger charge is 2.39. The van der Waals surface area contributed by atoms with Crippen LogP contribution in [0.5, 0.6) is 0 Å². The van der Waals surface area contributed by atoms with Crippen LogP contribution in [0.1, 0.15) is 19.1 Å². The second kappa shape index (κ2) is 4.27. The van der Waals surface area contributed by atoms with Crippen molar-refractivity contribution in [2.45, 2.75) is 25.8 Å². The van der Waals surface area contributed by atoms with Crippen LogP contribution >= 0.6 is 0 Å². The molecule has 100 valence electrons. The number of urea groups is 1. The number of aromatic nitrogens is 1. The zero-order valence-corrected chi connectivity index (χ0v) is 11.0. The number of hydrogen-bond donors (Lipinski definition) is 2. The molecule has 0 bridgehead atoms. The molecule has 1 aliphatic rings. The van der Waals surface area contributed by atoms with Crippen molar-refractivity contribution >= 4 is 21.7 Å². The summed E-state index contributed by atoms with van der Waals surface area (Å²) in [5.41, 5.74) is -0.721. The van der Waals surface area contributed by atoms with E-state index in [0.717, 1.165) is 0 Å². The van der Waals surface area contributed by atoms with E-state index in [2.05, 4.69) is 15.8 Å². The van der Waals surface area contributed by atoms with Gasteiger partial charge in [-0.25, -0.2) is 13.2 Å². The smallest absolute Gasteiger partial charge is 0.320 e. The van der Waals surface area contributed by atoms with Gasteiger partial charge in [-0.15, -0.1) is 0 Å². The number of carbonyl (C=O) groups excluding carboxylic acids is 1. The Morgan fingerprint density at radius 3 is 2.78 bits per heavy atom. The van der Waals surface area contributed by atoms with Gasteiger partial charge in [0, 0.05) is 6.07 Å². The SMILES string of the molecule is Cc1cc(NC(=O)N[C@]2(C)CCS(=O)(=O)C2)no1. The molecule has 0 aliphatic carbocycles. The van der Waals surface area contributed by atoms with E-state index < -0.39 is 21.4 Å². The maximum Gasteiger partial charge on any atom is 0.320 e. The molecule has 1 aromatic heterocycles. The quantitative estimate of drug-likeness (QED) is 0.825. The molecular weight excluding hydrogens is 258 g/mol. The molecule has 2 amide bonds. The van der Waals surface area contributed by atoms with Crippen LogP contribution in [0.15, 0.2) is 10.6 Å². The van der Waals surface area contributed by atoms with Crippen molar-refractivity contribution in [1.29, 1.82) is 0 Å². The molecule has 0 aromatic carbocycles. The van der Waals surface area contributed by atoms with Gasteiger partial charge in [0.05, 0.1) is 17.0 Å². The molecule has 2 rings (SSSR count). The number of aryl methyl sites for hydroxylation is 1. The van der Waals surface area contributed by atoms with Gasteiger partial charge in [0.25, 0.3) is 0 Å². The van der Waals surface area contributed by atoms with Crippen LogP contribution in [0.2, 0.25) is 0 Å². The van der Waals surface area contributed by atoms with Crippen molar-refractivity contribution in [1.82, 2.24) is 10.5 Å². The second-order valence-electron chi connectivity index (χ2n) is 4.80. The van der Waals surface area contributed by atoms with Crippen molar-refractivity contribution in [2.24, 2.45) is 0 Å². The fraction of sp³-hybridized carbons (Fsp3) is 0.600. The van der Waals surface area contributed by atoms with Gasteiger partial charge in [-0.1, -0.05) is 5.16 Å². The molecule has 1 aromatic rings. The molecule has 0 spiro atoms. The van der Waals surface area contributed by atoms with Gasteiger partial charge in [-0.2, -0.15) is 0 Å². The third-order valence-electron chi connectivity index (χ3n) is 2.79. The zero-order chi connectivity index (χ0) is 13.4. The molecular formula is C10H15N3O4S. The number of anilines is 1. The van der Waals surface area contributed by atoms with E-state index in [9.17, 15) is 13.2 Å². The lowest BCUT2D eigenvalue weighted by Crippen LogP contribution is -2.48. The first-order chi connectivity index (χ1) is 8.28. The summed E-state index contributed by atoms with van der Waals surface area (Å²) >= 11 is 0. The minimum absolute atomic E-state index is 0.0364. The summed E-state index contributed by atoms with van der Waals surface area (Å²) in [5.74, 6) is 0.951. The van der Waals surface area contributed by atoms with Crippen molar-refractivity contribution in [2.75, 3.05) is 16.8 Å². The first-order valence-corrected chi connectivity index (χ1v) is 7.33. The minimum atomic E-state index is -3.04. The highest BCUT2D eigenvalue weighted by atomic mass is 32.2. The van der Waals surface area contributed by atoms with Crippen molar-refractivity contribution in [3.05, 3.63) is 11.8 Å². The normalized spacial score (nSPS) is 25.9. The number of amides is 2. The van der Waals surface area contributed by atoms with E-state index >= 15 is 0 Å². The third-order valence-corrected chi connectivity index (χ3v) is 4.69. The molecule has 7 nitrogen and oxygen atoms in total. The largest absolute Gasteiger partial charge is 0.360 e. The molecule has 18 heavy (non-hydrogen) atoms. The highest BCUT2D eigenvalue weighted by molar-refractivity contribution is 7.91. The predicted octanol–water partition coefficient (Wildman–Crippen LogP) is 0.682. The van der Waals surface area contributed by atoms with E-state index in [1.807, 2.05) is 0 Å². The monoisotopic (exact) mass is 273 g/mol. The number of hydrogen-bond acceptors (Lipinski definition) is 5. The van der Waals surface area contributed by atoms with E-state index in [-0.39, 0.29) is 11.5 Å². The molecule has 1 aliphatic heterocycles. The average Bonchev–Trinajstić information content (AvgIpc) is 2.70. The van der Waals surface area contributed by atoms with Gasteiger partial charge in [-0.3, -0.25) is 5.32 Å². The Hall–Kier alpha value is -1.57. The number of carbonyl (C=O) groups is 1. The highest BCUT2D eigenvalue weighted by Crippen LogP contribution is 2.22. The van der Waals surface area contributed by atoms with Crippen LogP contribution in [-0.2, 0) is 9.84 Å². The fourth-order valence-corrected chi connectivity index (χ4v) is 4.05. The van der Waals surface area contributed by atoms with E-state index in [1.54, 1.807) is 19.9 Å². The summed E-state index contributed by atoms with van der Waals surface area (Å²) in [6, 6.07) is 1.09. The predicted molar refractivity (Wildman–Crippen MR) is 65.1 cm³/mol. The van der Waals surface area contributed by atoms with E-state index in [4.69, 9.17) is 4.52 Å². The van der Waals surface area contributed by atoms with Crippen LogP contribution < -0.4 is 10.6 Å². The van der Waals surface area contributed by atoms with Gasteiger partial charge in [0.1, 0.15) is 5.76 Å². The summed E-state index contributed by atoms with van der Waals surface area (Å²) in [6.07, 6.45) is 0.417. The van der Waals surface area contributed by atoms with Crippen molar-refractivity contribution < 1.29 is 17.7 Å². The standard InChI is InChI=1S/C10H15N3O4S/c1-7-5-8(13-17-7)11-9(14)12-10(2)3-4-18(15,16)6-10/h5H,3-4,6H2,1-2H3,(H2,11,12,13,14)/t10-/m1/s1. The minimum Gasteiger partial charge on any atom is -0.360 e. The van der Waals surface area contributed by atoms with Crippen molar-refractivity contribution in [3.63, 3.8) is 0 Å². The Balaban J connectivity index is 1.96. The van der Waals surface area contributed by atoms with Crippen LogP contribution in [0.3, 0.4) is 0 Å². The Labute approximate surface area is 105 Å². The molecule has 2 heterocycles. The van der Waals surface area contributed by atoms with Crippen LogP contribution in [0.25, 0.3) is 0 Å². The van der Waals surface area contributed by atoms with Gasteiger partial charge >= 0.3 is 6.03 Å². The molecule has 8 heteroatoms. The Kier molecular flexibility index (Phi) is 3.05. The fourth-order valence-electron chi connectivity index (χ4n) is 1.96. The Morgan fingerprint density at radius 1 is 1.56 bits per heavy atom. The van der Waals surface area contributed by atoms with E-state index in [1.165, 1.54) is 0 Å². The third kappa shape index (κ3) is 3.00. The molecule has 1 atom stereocenters. The number of sulfone groups is 1. The number of nitrogens with zero attached hydrogens (tertiary/aromatic N) is 1. The average molecular weight is 273 g/mol. The summed E-state index contributed by atoms with van der Waals surface area (Å²) in [6.45, 7) is 3.42. The molecule has 1 saturated heterocycles. The summed E-state index contributed by atoms with van der Waals surface area (Å²) < 4.78 is 27.6. The van der Waals surface area contributed by atoms with Crippen LogP contribution in [0, 0.1) is 6.92 Å². The summed E-state index contributed by atoms with van der Waals surface area (Å²) in [5, 5.41) is 8.77. The molecule has 0 unspecified atom stereocenters. The summed E-state index contributed by atoms with van der Waals surface area (Å²) in [7, 11) is -3.04. The molecule has 0 radical (unpaired) electrons. The van der Waals surface area contributed by atoms with Crippen molar-refractivity contribution in [3.8, 4) is 0 Å². The number of nitrogens with one attached hydrogen (secondary N) is 2. The van der Waals surface area contributed by atoms with Gasteiger partial charge in [0.15, 0.2) is 15.7 Å². The van der Waals surface area contributed by atoms with Gasteiger partial charge in [0.2, 0.25) is 0 Å². The molecule has 2 N–H and O–H groups in total.